The maximum absolute atomic E-state index is 12.4. The van der Waals surface area contributed by atoms with Crippen molar-refractivity contribution in [3.63, 3.8) is 0 Å². The van der Waals surface area contributed by atoms with Crippen LogP contribution in [0.1, 0.15) is 25.3 Å². The molecule has 0 aromatic heterocycles. The van der Waals surface area contributed by atoms with E-state index in [1.807, 2.05) is 31.2 Å². The zero-order valence-electron chi connectivity index (χ0n) is 10.8. The molecular weight excluding hydrogens is 230 g/mol. The number of anilines is 1. The normalized spacial score (nSPS) is 24.2. The molecule has 1 aliphatic heterocycles. The number of rotatable bonds is 4. The van der Waals surface area contributed by atoms with Gasteiger partial charge in [0.25, 0.3) is 0 Å². The number of likely N-dealkylation sites (N-methyl/N-ethyl adjacent to an activating group) is 1. The number of hydrogen-bond donors (Lipinski definition) is 2. The molecule has 1 aliphatic rings. The number of fused-ring (bicyclic) bond motifs is 1. The van der Waals surface area contributed by atoms with Gasteiger partial charge >= 0.3 is 0 Å². The molecule has 98 valence electrons. The van der Waals surface area contributed by atoms with Gasteiger partial charge in [0.05, 0.1) is 11.5 Å². The van der Waals surface area contributed by atoms with Crippen LogP contribution in [0.15, 0.2) is 24.3 Å². The number of benzene rings is 1. The van der Waals surface area contributed by atoms with Gasteiger partial charge in [-0.3, -0.25) is 4.79 Å². The van der Waals surface area contributed by atoms with Gasteiger partial charge < -0.3 is 15.1 Å². The lowest BCUT2D eigenvalue weighted by atomic mass is 9.78. The summed E-state index contributed by atoms with van der Waals surface area (Å²) in [6, 6.07) is 7.65. The van der Waals surface area contributed by atoms with Crippen molar-refractivity contribution in [1.29, 1.82) is 0 Å². The maximum Gasteiger partial charge on any atom is 0.237 e. The van der Waals surface area contributed by atoms with Crippen LogP contribution in [0.25, 0.3) is 0 Å². The molecule has 0 radical (unpaired) electrons. The van der Waals surface area contributed by atoms with Crippen LogP contribution in [0, 0.1) is 0 Å². The Morgan fingerprint density at radius 2 is 2.06 bits per heavy atom. The van der Waals surface area contributed by atoms with E-state index in [1.54, 1.807) is 11.9 Å². The van der Waals surface area contributed by atoms with Crippen molar-refractivity contribution in [2.75, 3.05) is 18.6 Å². The van der Waals surface area contributed by atoms with Crippen molar-refractivity contribution in [1.82, 2.24) is 0 Å². The number of para-hydroxylation sites is 1. The highest BCUT2D eigenvalue weighted by molar-refractivity contribution is 6.07. The van der Waals surface area contributed by atoms with Gasteiger partial charge in [0, 0.05) is 19.3 Å². The Morgan fingerprint density at radius 1 is 1.39 bits per heavy atom. The Labute approximate surface area is 107 Å². The van der Waals surface area contributed by atoms with Gasteiger partial charge in [0.1, 0.15) is 0 Å². The van der Waals surface area contributed by atoms with Gasteiger partial charge in [0.2, 0.25) is 5.91 Å². The first-order valence-electron chi connectivity index (χ1n) is 6.17. The molecule has 4 nitrogen and oxygen atoms in total. The van der Waals surface area contributed by atoms with E-state index in [9.17, 15) is 9.90 Å². The molecule has 1 heterocycles. The number of aliphatic hydroxyl groups excluding tert-OH is 2. The van der Waals surface area contributed by atoms with Gasteiger partial charge in [-0.25, -0.2) is 0 Å². The first-order valence-corrected chi connectivity index (χ1v) is 6.17. The summed E-state index contributed by atoms with van der Waals surface area (Å²) in [5, 5.41) is 18.7. The Kier molecular flexibility index (Phi) is 3.41. The van der Waals surface area contributed by atoms with Crippen LogP contribution < -0.4 is 4.90 Å². The van der Waals surface area contributed by atoms with Crippen molar-refractivity contribution < 1.29 is 15.0 Å². The van der Waals surface area contributed by atoms with E-state index in [1.165, 1.54) is 0 Å². The van der Waals surface area contributed by atoms with Crippen LogP contribution in [0.3, 0.4) is 0 Å². The minimum atomic E-state index is -0.695. The summed E-state index contributed by atoms with van der Waals surface area (Å²) in [5.74, 6) is 0.000639. The highest BCUT2D eigenvalue weighted by Gasteiger charge is 2.46. The molecule has 0 bridgehead atoms. The van der Waals surface area contributed by atoms with Crippen LogP contribution in [0.5, 0.6) is 0 Å². The summed E-state index contributed by atoms with van der Waals surface area (Å²) in [7, 11) is 1.75. The zero-order chi connectivity index (χ0) is 13.3. The number of hydrogen-bond acceptors (Lipinski definition) is 3. The minimum absolute atomic E-state index is 0.000639. The van der Waals surface area contributed by atoms with E-state index < -0.39 is 11.5 Å². The molecule has 0 spiro atoms. The van der Waals surface area contributed by atoms with Crippen molar-refractivity contribution in [2.45, 2.75) is 31.3 Å². The summed E-state index contributed by atoms with van der Waals surface area (Å²) in [6.45, 7) is 1.79. The number of carbonyl (C=O) groups excluding carboxylic acids is 1. The smallest absolute Gasteiger partial charge is 0.237 e. The molecule has 2 N–H and O–H groups in total. The van der Waals surface area contributed by atoms with Crippen LogP contribution in [0.4, 0.5) is 5.69 Å². The number of carbonyl (C=O) groups is 1. The molecule has 0 saturated heterocycles. The summed E-state index contributed by atoms with van der Waals surface area (Å²) in [6.07, 6.45) is -0.0221. The highest BCUT2D eigenvalue weighted by atomic mass is 16.3. The highest BCUT2D eigenvalue weighted by Crippen LogP contribution is 2.43. The van der Waals surface area contributed by atoms with Crippen molar-refractivity contribution in [2.24, 2.45) is 0 Å². The third kappa shape index (κ3) is 1.91. The van der Waals surface area contributed by atoms with E-state index >= 15 is 0 Å². The standard InChI is InChI=1S/C14H19NO3/c1-14(9-10(17)7-8-16)11-5-3-4-6-12(11)15(2)13(14)18/h3-6,10,16-17H,7-9H2,1-2H3. The average Bonchev–Trinajstić information content (AvgIpc) is 2.53. The van der Waals surface area contributed by atoms with E-state index in [0.29, 0.717) is 12.8 Å². The fraction of sp³-hybridized carbons (Fsp3) is 0.500. The maximum atomic E-state index is 12.4. The Morgan fingerprint density at radius 3 is 2.72 bits per heavy atom. The van der Waals surface area contributed by atoms with E-state index in [4.69, 9.17) is 5.11 Å². The molecule has 2 unspecified atom stereocenters. The predicted octanol–water partition coefficient (Wildman–Crippen LogP) is 1.05. The molecule has 0 saturated carbocycles. The predicted molar refractivity (Wildman–Crippen MR) is 69.5 cm³/mol. The Balaban J connectivity index is 2.35. The fourth-order valence-corrected chi connectivity index (χ4v) is 2.75. The second kappa shape index (κ2) is 4.71. The number of nitrogens with zero attached hydrogens (tertiary/aromatic N) is 1. The molecule has 4 heteroatoms. The lowest BCUT2D eigenvalue weighted by molar-refractivity contribution is -0.123. The molecule has 2 rings (SSSR count). The number of amides is 1. The van der Waals surface area contributed by atoms with Gasteiger partial charge in [0.15, 0.2) is 0 Å². The van der Waals surface area contributed by atoms with Gasteiger partial charge in [-0.05, 0) is 31.4 Å². The van der Waals surface area contributed by atoms with Crippen LogP contribution in [-0.4, -0.2) is 35.9 Å². The van der Waals surface area contributed by atoms with Crippen molar-refractivity contribution in [3.05, 3.63) is 29.8 Å². The molecule has 0 fully saturated rings. The average molecular weight is 249 g/mol. The van der Waals surface area contributed by atoms with Crippen molar-refractivity contribution in [3.8, 4) is 0 Å². The van der Waals surface area contributed by atoms with Crippen LogP contribution in [0.2, 0.25) is 0 Å². The SMILES string of the molecule is CN1C(=O)C(C)(CC(O)CCO)c2ccccc21. The summed E-state index contributed by atoms with van der Waals surface area (Å²) < 4.78 is 0. The minimum Gasteiger partial charge on any atom is -0.396 e. The third-order valence-corrected chi connectivity index (χ3v) is 3.74. The monoisotopic (exact) mass is 249 g/mol. The van der Waals surface area contributed by atoms with E-state index in [-0.39, 0.29) is 12.5 Å². The quantitative estimate of drug-likeness (QED) is 0.838. The van der Waals surface area contributed by atoms with E-state index in [0.717, 1.165) is 11.3 Å². The topological polar surface area (TPSA) is 60.8 Å². The Hall–Kier alpha value is -1.39. The molecule has 1 aromatic rings. The van der Waals surface area contributed by atoms with Gasteiger partial charge in [-0.15, -0.1) is 0 Å². The lowest BCUT2D eigenvalue weighted by Crippen LogP contribution is -2.39. The fourth-order valence-electron chi connectivity index (χ4n) is 2.75. The number of aliphatic hydroxyl groups is 2. The third-order valence-electron chi connectivity index (χ3n) is 3.74. The van der Waals surface area contributed by atoms with E-state index in [2.05, 4.69) is 0 Å². The molecule has 2 atom stereocenters. The molecular formula is C14H19NO3. The van der Waals surface area contributed by atoms with Gasteiger partial charge in [-0.1, -0.05) is 18.2 Å². The largest absolute Gasteiger partial charge is 0.396 e. The van der Waals surface area contributed by atoms with Gasteiger partial charge in [-0.2, -0.15) is 0 Å². The summed E-state index contributed by atoms with van der Waals surface area (Å²) in [5.41, 5.74) is 1.16. The van der Waals surface area contributed by atoms with Crippen LogP contribution >= 0.6 is 0 Å². The van der Waals surface area contributed by atoms with Crippen LogP contribution in [-0.2, 0) is 10.2 Å². The molecule has 18 heavy (non-hydrogen) atoms. The molecule has 1 aromatic carbocycles. The molecule has 0 aliphatic carbocycles. The van der Waals surface area contributed by atoms with Crippen molar-refractivity contribution >= 4 is 11.6 Å². The second-order valence-corrected chi connectivity index (χ2v) is 5.08. The zero-order valence-corrected chi connectivity index (χ0v) is 10.8. The first kappa shape index (κ1) is 13.1. The summed E-state index contributed by atoms with van der Waals surface area (Å²) in [4.78, 5) is 14.0. The first-order chi connectivity index (χ1) is 8.50. The summed E-state index contributed by atoms with van der Waals surface area (Å²) >= 11 is 0. The lowest BCUT2D eigenvalue weighted by Gasteiger charge is -2.25. The molecule has 1 amide bonds. The Bertz CT molecular complexity index is 460. The second-order valence-electron chi connectivity index (χ2n) is 5.08.